The van der Waals surface area contributed by atoms with E-state index in [2.05, 4.69) is 9.82 Å². The van der Waals surface area contributed by atoms with Crippen molar-refractivity contribution in [1.82, 2.24) is 10.5 Å². The summed E-state index contributed by atoms with van der Waals surface area (Å²) in [5.74, 6) is -0.748. The lowest BCUT2D eigenvalue weighted by Crippen LogP contribution is -2.29. The Kier molecular flexibility index (Phi) is 3.62. The quantitative estimate of drug-likeness (QED) is 0.781. The van der Waals surface area contributed by atoms with Gasteiger partial charge in [-0.25, -0.2) is 5.48 Å². The number of carbonyl (C=O) groups excluding carboxylic acids is 1. The van der Waals surface area contributed by atoms with Crippen LogP contribution in [-0.2, 0) is 4.84 Å². The van der Waals surface area contributed by atoms with Crippen molar-refractivity contribution in [3.8, 4) is 0 Å². The zero-order valence-corrected chi connectivity index (χ0v) is 7.41. The normalized spacial score (nSPS) is 11.1. The molecular formula is C8H7F3N2O2. The number of nitrogens with zero attached hydrogens (tertiary/aromatic N) is 1. The number of nitrogens with one attached hydrogen (secondary N) is 1. The van der Waals surface area contributed by atoms with E-state index in [9.17, 15) is 18.0 Å². The minimum absolute atomic E-state index is 0.173. The second-order valence-corrected chi connectivity index (χ2v) is 2.57. The van der Waals surface area contributed by atoms with E-state index in [1.165, 1.54) is 24.5 Å². The van der Waals surface area contributed by atoms with Crippen LogP contribution in [0.2, 0.25) is 0 Å². The fourth-order valence-electron chi connectivity index (χ4n) is 0.746. The van der Waals surface area contributed by atoms with Gasteiger partial charge in [0.2, 0.25) is 0 Å². The van der Waals surface area contributed by atoms with Crippen LogP contribution in [0.4, 0.5) is 13.2 Å². The zero-order valence-electron chi connectivity index (χ0n) is 7.41. The summed E-state index contributed by atoms with van der Waals surface area (Å²) in [6, 6.07) is 2.71. The van der Waals surface area contributed by atoms with Crippen LogP contribution in [0.15, 0.2) is 24.5 Å². The third kappa shape index (κ3) is 4.41. The third-order valence-corrected chi connectivity index (χ3v) is 1.34. The van der Waals surface area contributed by atoms with Crippen molar-refractivity contribution in [3.05, 3.63) is 30.1 Å². The zero-order chi connectivity index (χ0) is 11.3. The fraction of sp³-hybridized carbons (Fsp3) is 0.250. The summed E-state index contributed by atoms with van der Waals surface area (Å²) in [5, 5.41) is 0. The molecule has 0 saturated carbocycles. The number of alkyl halides is 3. The highest BCUT2D eigenvalue weighted by molar-refractivity contribution is 5.93. The number of hydrogen-bond donors (Lipinski definition) is 1. The molecule has 0 aromatic carbocycles. The Hall–Kier alpha value is -1.63. The van der Waals surface area contributed by atoms with Crippen molar-refractivity contribution in [2.24, 2.45) is 0 Å². The number of pyridine rings is 1. The molecule has 0 aliphatic heterocycles. The van der Waals surface area contributed by atoms with Gasteiger partial charge in [0, 0.05) is 18.0 Å². The Morgan fingerprint density at radius 2 is 2.00 bits per heavy atom. The van der Waals surface area contributed by atoms with E-state index in [4.69, 9.17) is 0 Å². The second-order valence-electron chi connectivity index (χ2n) is 2.57. The van der Waals surface area contributed by atoms with Crippen molar-refractivity contribution in [2.45, 2.75) is 6.18 Å². The molecule has 0 unspecified atom stereocenters. The number of aromatic nitrogens is 1. The highest BCUT2D eigenvalue weighted by atomic mass is 19.4. The van der Waals surface area contributed by atoms with E-state index in [0.29, 0.717) is 0 Å². The van der Waals surface area contributed by atoms with Crippen LogP contribution in [0.1, 0.15) is 10.4 Å². The average Bonchev–Trinajstić information content (AvgIpc) is 2.17. The maximum atomic E-state index is 11.6. The molecule has 1 amide bonds. The monoisotopic (exact) mass is 220 g/mol. The van der Waals surface area contributed by atoms with Crippen molar-refractivity contribution < 1.29 is 22.8 Å². The Morgan fingerprint density at radius 3 is 2.53 bits per heavy atom. The Balaban J connectivity index is 2.38. The van der Waals surface area contributed by atoms with Crippen molar-refractivity contribution in [2.75, 3.05) is 6.61 Å². The summed E-state index contributed by atoms with van der Waals surface area (Å²) < 4.78 is 34.9. The van der Waals surface area contributed by atoms with Crippen molar-refractivity contribution >= 4 is 5.91 Å². The van der Waals surface area contributed by atoms with E-state index in [1.54, 1.807) is 5.48 Å². The number of rotatable bonds is 3. The molecule has 1 N–H and O–H groups in total. The molecule has 0 aliphatic carbocycles. The predicted octanol–water partition coefficient (Wildman–Crippen LogP) is 1.31. The molecule has 4 nitrogen and oxygen atoms in total. The highest BCUT2D eigenvalue weighted by Gasteiger charge is 2.28. The smallest absolute Gasteiger partial charge is 0.267 e. The maximum Gasteiger partial charge on any atom is 0.414 e. The number of halogens is 3. The standard InChI is InChI=1S/C8H7F3N2O2/c9-8(10,11)5-15-13-7(14)6-1-3-12-4-2-6/h1-4H,5H2,(H,13,14). The molecule has 15 heavy (non-hydrogen) atoms. The first-order chi connectivity index (χ1) is 6.99. The van der Waals surface area contributed by atoms with E-state index in [-0.39, 0.29) is 5.56 Å². The minimum atomic E-state index is -4.47. The first-order valence-electron chi connectivity index (χ1n) is 3.88. The molecule has 1 aromatic rings. The summed E-state index contributed by atoms with van der Waals surface area (Å²) in [6.45, 7) is -1.52. The molecule has 0 spiro atoms. The number of hydrogen-bond acceptors (Lipinski definition) is 3. The Morgan fingerprint density at radius 1 is 1.40 bits per heavy atom. The van der Waals surface area contributed by atoms with Gasteiger partial charge < -0.3 is 0 Å². The van der Waals surface area contributed by atoms with Gasteiger partial charge in [-0.1, -0.05) is 0 Å². The first-order valence-corrected chi connectivity index (χ1v) is 3.88. The predicted molar refractivity (Wildman–Crippen MR) is 43.7 cm³/mol. The third-order valence-electron chi connectivity index (χ3n) is 1.34. The van der Waals surface area contributed by atoms with Gasteiger partial charge in [-0.15, -0.1) is 0 Å². The molecule has 0 aliphatic rings. The molecule has 0 radical (unpaired) electrons. The van der Waals surface area contributed by atoms with Crippen molar-refractivity contribution in [1.29, 1.82) is 0 Å². The van der Waals surface area contributed by atoms with Crippen molar-refractivity contribution in [3.63, 3.8) is 0 Å². The maximum absolute atomic E-state index is 11.6. The summed E-state index contributed by atoms with van der Waals surface area (Å²) in [7, 11) is 0. The molecule has 1 aromatic heterocycles. The summed E-state index contributed by atoms with van der Waals surface area (Å²) in [6.07, 6.45) is -1.77. The first kappa shape index (κ1) is 11.4. The Bertz CT molecular complexity index is 326. The van der Waals surface area contributed by atoms with Gasteiger partial charge in [-0.05, 0) is 12.1 Å². The van der Waals surface area contributed by atoms with Gasteiger partial charge in [-0.2, -0.15) is 13.2 Å². The van der Waals surface area contributed by atoms with Gasteiger partial charge in [0.15, 0.2) is 6.61 Å². The minimum Gasteiger partial charge on any atom is -0.267 e. The molecule has 0 saturated heterocycles. The topological polar surface area (TPSA) is 51.2 Å². The van der Waals surface area contributed by atoms with Gasteiger partial charge in [0.25, 0.3) is 5.91 Å². The van der Waals surface area contributed by atoms with Crippen LogP contribution in [0.3, 0.4) is 0 Å². The Labute approximate surface area is 83.0 Å². The highest BCUT2D eigenvalue weighted by Crippen LogP contribution is 2.13. The average molecular weight is 220 g/mol. The fourth-order valence-corrected chi connectivity index (χ4v) is 0.746. The van der Waals surface area contributed by atoms with Gasteiger partial charge in [-0.3, -0.25) is 14.6 Å². The van der Waals surface area contributed by atoms with E-state index in [0.717, 1.165) is 0 Å². The molecule has 82 valence electrons. The second kappa shape index (κ2) is 4.74. The lowest BCUT2D eigenvalue weighted by molar-refractivity contribution is -0.184. The SMILES string of the molecule is O=C(NOCC(F)(F)F)c1ccncc1. The van der Waals surface area contributed by atoms with Gasteiger partial charge >= 0.3 is 6.18 Å². The number of amides is 1. The molecule has 0 fully saturated rings. The van der Waals surface area contributed by atoms with Gasteiger partial charge in [0.05, 0.1) is 0 Å². The number of hydroxylamine groups is 1. The largest absolute Gasteiger partial charge is 0.414 e. The lowest BCUT2D eigenvalue weighted by atomic mass is 10.3. The molecule has 1 rings (SSSR count). The van der Waals surface area contributed by atoms with Crippen LogP contribution in [0.25, 0.3) is 0 Å². The van der Waals surface area contributed by atoms with Crippen LogP contribution in [-0.4, -0.2) is 23.7 Å². The van der Waals surface area contributed by atoms with E-state index >= 15 is 0 Å². The van der Waals surface area contributed by atoms with E-state index < -0.39 is 18.7 Å². The number of carbonyl (C=O) groups is 1. The molecular weight excluding hydrogens is 213 g/mol. The molecule has 7 heteroatoms. The van der Waals surface area contributed by atoms with Crippen LogP contribution >= 0.6 is 0 Å². The van der Waals surface area contributed by atoms with Crippen LogP contribution < -0.4 is 5.48 Å². The van der Waals surface area contributed by atoms with E-state index in [1.807, 2.05) is 0 Å². The van der Waals surface area contributed by atoms with Crippen LogP contribution in [0, 0.1) is 0 Å². The molecule has 1 heterocycles. The molecule has 0 atom stereocenters. The summed E-state index contributed by atoms with van der Waals surface area (Å²) >= 11 is 0. The molecule has 0 bridgehead atoms. The lowest BCUT2D eigenvalue weighted by Gasteiger charge is -2.07. The van der Waals surface area contributed by atoms with Gasteiger partial charge in [0.1, 0.15) is 0 Å². The summed E-state index contributed by atoms with van der Waals surface area (Å²) in [4.78, 5) is 18.7. The summed E-state index contributed by atoms with van der Waals surface area (Å²) in [5.41, 5.74) is 1.84. The van der Waals surface area contributed by atoms with Crippen LogP contribution in [0.5, 0.6) is 0 Å².